The van der Waals surface area contributed by atoms with E-state index < -0.39 is 0 Å². The Balaban J connectivity index is 1.32. The van der Waals surface area contributed by atoms with E-state index in [1.54, 1.807) is 5.56 Å². The van der Waals surface area contributed by atoms with Gasteiger partial charge in [-0.2, -0.15) is 0 Å². The molecule has 0 bridgehead atoms. The molecular formula is C53H53BN2S. The summed E-state index contributed by atoms with van der Waals surface area (Å²) in [4.78, 5) is 5.68. The topological polar surface area (TPSA) is 6.48 Å². The summed E-state index contributed by atoms with van der Waals surface area (Å²) in [6, 6.07) is 42.7. The fourth-order valence-corrected chi connectivity index (χ4v) is 12.7. The van der Waals surface area contributed by atoms with Crippen LogP contribution in [-0.4, -0.2) is 12.4 Å². The molecule has 1 saturated carbocycles. The zero-order valence-corrected chi connectivity index (χ0v) is 35.9. The van der Waals surface area contributed by atoms with E-state index in [-0.39, 0.29) is 28.6 Å². The summed E-state index contributed by atoms with van der Waals surface area (Å²) in [5.41, 5.74) is 19.4. The third-order valence-corrected chi connectivity index (χ3v) is 15.9. The zero-order valence-electron chi connectivity index (χ0n) is 35.1. The Bertz CT molecular complexity index is 2840. The van der Waals surface area contributed by atoms with Gasteiger partial charge in [-0.1, -0.05) is 128 Å². The molecule has 0 spiro atoms. The third kappa shape index (κ3) is 4.71. The summed E-state index contributed by atoms with van der Waals surface area (Å²) in [6.07, 6.45) is 4.97. The highest BCUT2D eigenvalue weighted by Crippen LogP contribution is 2.64. The molecule has 0 amide bonds. The van der Waals surface area contributed by atoms with E-state index in [0.717, 1.165) is 0 Å². The van der Waals surface area contributed by atoms with Gasteiger partial charge in [-0.25, -0.2) is 0 Å². The number of hydrogen-bond acceptors (Lipinski definition) is 3. The third-order valence-electron chi connectivity index (χ3n) is 14.8. The van der Waals surface area contributed by atoms with Gasteiger partial charge in [0, 0.05) is 48.5 Å². The average Bonchev–Trinajstić information content (AvgIpc) is 3.66. The second-order valence-electron chi connectivity index (χ2n) is 20.2. The van der Waals surface area contributed by atoms with E-state index >= 15 is 0 Å². The molecule has 0 saturated heterocycles. The minimum atomic E-state index is -0.0413. The lowest BCUT2D eigenvalue weighted by Gasteiger charge is -2.55. The number of anilines is 4. The van der Waals surface area contributed by atoms with Crippen molar-refractivity contribution in [2.75, 3.05) is 9.71 Å². The molecule has 3 aliphatic heterocycles. The second kappa shape index (κ2) is 11.7. The van der Waals surface area contributed by atoms with Gasteiger partial charge in [0.05, 0.1) is 5.69 Å². The molecular weight excluding hydrogens is 707 g/mol. The van der Waals surface area contributed by atoms with Crippen molar-refractivity contribution in [2.24, 2.45) is 0 Å². The Kier molecular flexibility index (Phi) is 7.24. The van der Waals surface area contributed by atoms with Crippen molar-refractivity contribution in [3.05, 3.63) is 131 Å². The summed E-state index contributed by atoms with van der Waals surface area (Å²) < 4.78 is 2.74. The number of nitrogens with zero attached hydrogens (tertiary/aromatic N) is 2. The standard InChI is InChI=1S/C53H53BN2S/c1-32-27-38-39-30-35(51(5,6)7)31-40-49(39)56(53(9)26-16-15-25-52(40,53)8)54-47(38)43(28-32)55(42-23-24-45-46(48(42)54)36-19-13-14-20-44(36)57-45)41-22-21-34(50(2,3)4)29-37(41)33-17-11-10-12-18-33/h10-14,17-24,27-31H,15-16,25-26H2,1-9H3. The van der Waals surface area contributed by atoms with Gasteiger partial charge < -0.3 is 9.71 Å². The minimum Gasteiger partial charge on any atom is -0.400 e. The Hall–Kier alpha value is -4.80. The number of benzene rings is 6. The zero-order chi connectivity index (χ0) is 39.4. The molecule has 0 radical (unpaired) electrons. The highest BCUT2D eigenvalue weighted by Gasteiger charge is 2.63. The summed E-state index contributed by atoms with van der Waals surface area (Å²) in [5.74, 6) is 0. The minimum absolute atomic E-state index is 0.0151. The molecule has 4 aliphatic rings. The van der Waals surface area contributed by atoms with Crippen LogP contribution in [0, 0.1) is 6.92 Å². The first-order valence-electron chi connectivity index (χ1n) is 21.3. The summed E-state index contributed by atoms with van der Waals surface area (Å²) in [5, 5.41) is 2.81. The summed E-state index contributed by atoms with van der Waals surface area (Å²) in [7, 11) is 0. The number of thiophene rings is 1. The first-order chi connectivity index (χ1) is 27.2. The molecule has 4 heterocycles. The predicted octanol–water partition coefficient (Wildman–Crippen LogP) is 13.6. The van der Waals surface area contributed by atoms with Gasteiger partial charge >= 0.3 is 6.85 Å². The molecule has 57 heavy (non-hydrogen) atoms. The lowest BCUT2D eigenvalue weighted by atomic mass is 9.41. The van der Waals surface area contributed by atoms with Crippen LogP contribution < -0.4 is 20.6 Å². The van der Waals surface area contributed by atoms with E-state index in [1.165, 1.54) is 118 Å². The molecule has 2 unspecified atom stereocenters. The van der Waals surface area contributed by atoms with Crippen LogP contribution in [0.15, 0.2) is 109 Å². The maximum absolute atomic E-state index is 3.01. The lowest BCUT2D eigenvalue weighted by molar-refractivity contribution is 0.199. The van der Waals surface area contributed by atoms with Gasteiger partial charge in [0.1, 0.15) is 0 Å². The maximum atomic E-state index is 3.01. The first kappa shape index (κ1) is 35.4. The van der Waals surface area contributed by atoms with Crippen molar-refractivity contribution in [3.63, 3.8) is 0 Å². The quantitative estimate of drug-likeness (QED) is 0.162. The van der Waals surface area contributed by atoms with Gasteiger partial charge in [-0.3, -0.25) is 0 Å². The fourth-order valence-electron chi connectivity index (χ4n) is 11.5. The number of fused-ring (bicyclic) bond motifs is 11. The van der Waals surface area contributed by atoms with Crippen molar-refractivity contribution in [1.82, 2.24) is 0 Å². The van der Waals surface area contributed by atoms with E-state index in [4.69, 9.17) is 0 Å². The van der Waals surface area contributed by atoms with Crippen LogP contribution >= 0.6 is 11.3 Å². The van der Waals surface area contributed by atoms with Crippen LogP contribution in [0.2, 0.25) is 0 Å². The van der Waals surface area contributed by atoms with Gasteiger partial charge in [-0.15, -0.1) is 11.3 Å². The molecule has 6 aromatic carbocycles. The molecule has 4 heteroatoms. The fraction of sp³-hybridized carbons (Fsp3) is 0.321. The van der Waals surface area contributed by atoms with E-state index in [0.29, 0.717) is 0 Å². The van der Waals surface area contributed by atoms with Crippen LogP contribution in [-0.2, 0) is 16.2 Å². The van der Waals surface area contributed by atoms with E-state index in [1.807, 2.05) is 11.3 Å². The normalized spacial score (nSPS) is 20.8. The van der Waals surface area contributed by atoms with Crippen molar-refractivity contribution in [3.8, 4) is 22.3 Å². The molecule has 11 rings (SSSR count). The van der Waals surface area contributed by atoms with Crippen molar-refractivity contribution in [1.29, 1.82) is 0 Å². The number of hydrogen-bond donors (Lipinski definition) is 0. The summed E-state index contributed by atoms with van der Waals surface area (Å²) in [6.45, 7) is 21.9. The maximum Gasteiger partial charge on any atom is 0.329 e. The van der Waals surface area contributed by atoms with Crippen molar-refractivity contribution in [2.45, 2.75) is 110 Å². The molecule has 1 aliphatic carbocycles. The summed E-state index contributed by atoms with van der Waals surface area (Å²) >= 11 is 1.95. The van der Waals surface area contributed by atoms with Gasteiger partial charge in [-0.05, 0) is 135 Å². The Morgan fingerprint density at radius 2 is 1.32 bits per heavy atom. The van der Waals surface area contributed by atoms with Crippen LogP contribution in [0.5, 0.6) is 0 Å². The Morgan fingerprint density at radius 1 is 0.614 bits per heavy atom. The average molecular weight is 761 g/mol. The molecule has 0 N–H and O–H groups in total. The van der Waals surface area contributed by atoms with Gasteiger partial charge in [0.2, 0.25) is 0 Å². The largest absolute Gasteiger partial charge is 0.400 e. The molecule has 2 atom stereocenters. The molecule has 1 aromatic heterocycles. The first-order valence-corrected chi connectivity index (χ1v) is 22.1. The van der Waals surface area contributed by atoms with Crippen LogP contribution in [0.1, 0.15) is 103 Å². The smallest absolute Gasteiger partial charge is 0.329 e. The highest BCUT2D eigenvalue weighted by molar-refractivity contribution is 7.26. The predicted molar refractivity (Wildman–Crippen MR) is 249 cm³/mol. The molecule has 2 nitrogen and oxygen atoms in total. The molecule has 284 valence electrons. The number of aryl methyl sites for hydroxylation is 1. The Labute approximate surface area is 343 Å². The second-order valence-corrected chi connectivity index (χ2v) is 21.2. The number of rotatable bonds is 2. The van der Waals surface area contributed by atoms with Gasteiger partial charge in [0.25, 0.3) is 0 Å². The lowest BCUT2D eigenvalue weighted by Crippen LogP contribution is -2.70. The Morgan fingerprint density at radius 3 is 2.09 bits per heavy atom. The SMILES string of the molecule is Cc1cc2c3c(c1)N(c1ccc(C(C)(C)C)cc1-c1ccccc1)c1ccc4sc5ccccc5c4c1B3N1c3c-2cc(C(C)(C)C)cc3C2(C)CCCCC12C. The van der Waals surface area contributed by atoms with E-state index in [9.17, 15) is 0 Å². The van der Waals surface area contributed by atoms with Crippen LogP contribution in [0.4, 0.5) is 22.7 Å². The highest BCUT2D eigenvalue weighted by atomic mass is 32.1. The van der Waals surface area contributed by atoms with Crippen molar-refractivity contribution < 1.29 is 0 Å². The van der Waals surface area contributed by atoms with Crippen LogP contribution in [0.3, 0.4) is 0 Å². The molecule has 7 aromatic rings. The van der Waals surface area contributed by atoms with Gasteiger partial charge in [0.15, 0.2) is 0 Å². The van der Waals surface area contributed by atoms with Crippen LogP contribution in [0.25, 0.3) is 42.4 Å². The molecule has 1 fully saturated rings. The van der Waals surface area contributed by atoms with E-state index in [2.05, 4.69) is 181 Å². The monoisotopic (exact) mass is 760 g/mol. The van der Waals surface area contributed by atoms with Crippen molar-refractivity contribution >= 4 is 72.0 Å².